The van der Waals surface area contributed by atoms with Gasteiger partial charge in [-0.2, -0.15) is 0 Å². The van der Waals surface area contributed by atoms with Crippen LogP contribution in [0.5, 0.6) is 5.75 Å². The Morgan fingerprint density at radius 3 is 2.58 bits per heavy atom. The van der Waals surface area contributed by atoms with Crippen molar-refractivity contribution < 1.29 is 27.4 Å². The Morgan fingerprint density at radius 1 is 1.13 bits per heavy atom. The van der Waals surface area contributed by atoms with E-state index in [4.69, 9.17) is 4.74 Å². The summed E-state index contributed by atoms with van der Waals surface area (Å²) < 4.78 is 46.2. The van der Waals surface area contributed by atoms with Crippen LogP contribution in [0.4, 0.5) is 24.5 Å². The van der Waals surface area contributed by atoms with Gasteiger partial charge < -0.3 is 19.7 Å². The van der Waals surface area contributed by atoms with Crippen molar-refractivity contribution >= 4 is 17.3 Å². The number of carbonyl (C=O) groups is 1. The number of benzene rings is 2. The summed E-state index contributed by atoms with van der Waals surface area (Å²) in [6.07, 6.45) is -1.38. The smallest absolute Gasteiger partial charge is 0.406 e. The molecular formula is C22H18F3N3O3. The molecule has 1 fully saturated rings. The van der Waals surface area contributed by atoms with Crippen molar-refractivity contribution in [2.24, 2.45) is 0 Å². The molecule has 9 heteroatoms. The van der Waals surface area contributed by atoms with Crippen LogP contribution < -0.4 is 15.0 Å². The Kier molecular flexibility index (Phi) is 5.77. The van der Waals surface area contributed by atoms with E-state index in [1.54, 1.807) is 24.5 Å². The Bertz CT molecular complexity index is 1050. The van der Waals surface area contributed by atoms with Crippen molar-refractivity contribution in [2.45, 2.75) is 6.36 Å². The highest BCUT2D eigenvalue weighted by atomic mass is 19.4. The first kappa shape index (κ1) is 20.7. The van der Waals surface area contributed by atoms with Crippen molar-refractivity contribution in [1.29, 1.82) is 0 Å². The highest BCUT2D eigenvalue weighted by molar-refractivity contribution is 6.05. The van der Waals surface area contributed by atoms with Gasteiger partial charge in [0.1, 0.15) is 12.5 Å². The van der Waals surface area contributed by atoms with Crippen LogP contribution in [-0.4, -0.2) is 37.1 Å². The molecule has 1 amide bonds. The number of nitrogens with zero attached hydrogens (tertiary/aromatic N) is 2. The molecule has 1 saturated heterocycles. The van der Waals surface area contributed by atoms with Gasteiger partial charge in [-0.25, -0.2) is 0 Å². The summed E-state index contributed by atoms with van der Waals surface area (Å²) in [5.74, 6) is -0.750. The van der Waals surface area contributed by atoms with Crippen molar-refractivity contribution in [3.8, 4) is 16.9 Å². The SMILES string of the molecule is O=C(Nc1ccc(OC(F)(F)F)cc1)c1ccc(N2CCOC2)c(-c2cccnc2)c1. The van der Waals surface area contributed by atoms with E-state index in [1.807, 2.05) is 18.2 Å². The van der Waals surface area contributed by atoms with E-state index in [9.17, 15) is 18.0 Å². The molecule has 160 valence electrons. The highest BCUT2D eigenvalue weighted by Gasteiger charge is 2.31. The van der Waals surface area contributed by atoms with Gasteiger partial charge in [-0.1, -0.05) is 6.07 Å². The Hall–Kier alpha value is -3.59. The lowest BCUT2D eigenvalue weighted by molar-refractivity contribution is -0.274. The van der Waals surface area contributed by atoms with E-state index >= 15 is 0 Å². The molecule has 0 spiro atoms. The van der Waals surface area contributed by atoms with Crippen LogP contribution in [0.25, 0.3) is 11.1 Å². The van der Waals surface area contributed by atoms with E-state index in [1.165, 1.54) is 12.1 Å². The zero-order valence-electron chi connectivity index (χ0n) is 16.2. The minimum absolute atomic E-state index is 0.347. The molecule has 4 rings (SSSR count). The standard InChI is InChI=1S/C22H18F3N3O3/c23-22(24,25)31-18-6-4-17(5-7-18)27-21(29)15-3-8-20(28-10-11-30-14-28)19(12-15)16-2-1-9-26-13-16/h1-9,12-13H,10-11,14H2,(H,27,29). The topological polar surface area (TPSA) is 63.7 Å². The fraction of sp³-hybridized carbons (Fsp3) is 0.182. The Morgan fingerprint density at radius 2 is 1.94 bits per heavy atom. The molecule has 1 aliphatic rings. The summed E-state index contributed by atoms with van der Waals surface area (Å²) >= 11 is 0. The number of carbonyl (C=O) groups excluding carboxylic acids is 1. The van der Waals surface area contributed by atoms with Crippen molar-refractivity contribution in [3.63, 3.8) is 0 Å². The van der Waals surface area contributed by atoms with E-state index in [2.05, 4.69) is 19.9 Å². The van der Waals surface area contributed by atoms with Crippen molar-refractivity contribution in [2.75, 3.05) is 30.1 Å². The number of rotatable bonds is 5. The molecule has 1 N–H and O–H groups in total. The number of pyridine rings is 1. The Labute approximate surface area is 176 Å². The summed E-state index contributed by atoms with van der Waals surface area (Å²) in [4.78, 5) is 19.0. The van der Waals surface area contributed by atoms with Gasteiger partial charge in [-0.05, 0) is 48.5 Å². The third-order valence-electron chi connectivity index (χ3n) is 4.67. The zero-order valence-corrected chi connectivity index (χ0v) is 16.2. The van der Waals surface area contributed by atoms with E-state index in [0.29, 0.717) is 24.6 Å². The number of hydrogen-bond acceptors (Lipinski definition) is 5. The van der Waals surface area contributed by atoms with Crippen LogP contribution in [-0.2, 0) is 4.74 Å². The molecule has 0 unspecified atom stereocenters. The Balaban J connectivity index is 1.57. The first-order valence-electron chi connectivity index (χ1n) is 9.43. The molecule has 0 saturated carbocycles. The summed E-state index contributed by atoms with van der Waals surface area (Å²) in [5, 5.41) is 2.69. The summed E-state index contributed by atoms with van der Waals surface area (Å²) in [6, 6.07) is 14.0. The molecule has 2 heterocycles. The predicted octanol–water partition coefficient (Wildman–Crippen LogP) is 4.69. The third kappa shape index (κ3) is 5.13. The van der Waals surface area contributed by atoms with Crippen LogP contribution in [0.15, 0.2) is 67.0 Å². The van der Waals surface area contributed by atoms with E-state index < -0.39 is 6.36 Å². The maximum absolute atomic E-state index is 12.8. The minimum atomic E-state index is -4.77. The first-order valence-corrected chi connectivity index (χ1v) is 9.43. The van der Waals surface area contributed by atoms with Crippen LogP contribution >= 0.6 is 0 Å². The van der Waals surface area contributed by atoms with Gasteiger partial charge in [0.15, 0.2) is 0 Å². The van der Waals surface area contributed by atoms with Crippen LogP contribution in [0, 0.1) is 0 Å². The summed E-state index contributed by atoms with van der Waals surface area (Å²) in [7, 11) is 0. The van der Waals surface area contributed by atoms with Crippen molar-refractivity contribution in [3.05, 3.63) is 72.6 Å². The average Bonchev–Trinajstić information content (AvgIpc) is 3.29. The molecule has 1 aromatic heterocycles. The lowest BCUT2D eigenvalue weighted by Crippen LogP contribution is -2.20. The molecule has 6 nitrogen and oxygen atoms in total. The molecular weight excluding hydrogens is 411 g/mol. The van der Waals surface area contributed by atoms with Gasteiger partial charge in [-0.15, -0.1) is 13.2 Å². The summed E-state index contributed by atoms with van der Waals surface area (Å²) in [6.45, 7) is 1.83. The average molecular weight is 429 g/mol. The number of aromatic nitrogens is 1. The number of ether oxygens (including phenoxy) is 2. The molecule has 2 aromatic carbocycles. The second-order valence-electron chi connectivity index (χ2n) is 6.80. The van der Waals surface area contributed by atoms with Crippen molar-refractivity contribution in [1.82, 2.24) is 4.98 Å². The van der Waals surface area contributed by atoms with Gasteiger partial charge in [-0.3, -0.25) is 9.78 Å². The lowest BCUT2D eigenvalue weighted by atomic mass is 10.0. The van der Waals surface area contributed by atoms with Gasteiger partial charge >= 0.3 is 6.36 Å². The first-order chi connectivity index (χ1) is 14.9. The largest absolute Gasteiger partial charge is 0.573 e. The maximum atomic E-state index is 12.8. The zero-order chi connectivity index (χ0) is 21.8. The molecule has 31 heavy (non-hydrogen) atoms. The number of halogens is 3. The quantitative estimate of drug-likeness (QED) is 0.637. The second-order valence-corrected chi connectivity index (χ2v) is 6.80. The number of nitrogens with one attached hydrogen (secondary N) is 1. The lowest BCUT2D eigenvalue weighted by Gasteiger charge is -2.21. The van der Waals surface area contributed by atoms with Gasteiger partial charge in [0.2, 0.25) is 0 Å². The fourth-order valence-corrected chi connectivity index (χ4v) is 3.25. The molecule has 0 atom stereocenters. The van der Waals surface area contributed by atoms with Crippen LogP contribution in [0.1, 0.15) is 10.4 Å². The van der Waals surface area contributed by atoms with Crippen LogP contribution in [0.3, 0.4) is 0 Å². The number of hydrogen-bond donors (Lipinski definition) is 1. The maximum Gasteiger partial charge on any atom is 0.573 e. The normalized spacial score (nSPS) is 13.8. The second kappa shape index (κ2) is 8.65. The molecule has 0 bridgehead atoms. The number of amides is 1. The molecule has 1 aliphatic heterocycles. The highest BCUT2D eigenvalue weighted by Crippen LogP contribution is 2.33. The van der Waals surface area contributed by atoms with Gasteiger partial charge in [0.25, 0.3) is 5.91 Å². The minimum Gasteiger partial charge on any atom is -0.406 e. The van der Waals surface area contributed by atoms with Crippen LogP contribution in [0.2, 0.25) is 0 Å². The molecule has 0 aliphatic carbocycles. The molecule has 3 aromatic rings. The number of alkyl halides is 3. The van der Waals surface area contributed by atoms with E-state index in [-0.39, 0.29) is 11.7 Å². The van der Waals surface area contributed by atoms with Gasteiger partial charge in [0.05, 0.1) is 6.61 Å². The van der Waals surface area contributed by atoms with E-state index in [0.717, 1.165) is 35.5 Å². The monoisotopic (exact) mass is 429 g/mol. The summed E-state index contributed by atoms with van der Waals surface area (Å²) in [5.41, 5.74) is 3.36. The predicted molar refractivity (Wildman–Crippen MR) is 109 cm³/mol. The van der Waals surface area contributed by atoms with Gasteiger partial charge in [0, 0.05) is 47.0 Å². The number of anilines is 2. The fourth-order valence-electron chi connectivity index (χ4n) is 3.25. The molecule has 0 radical (unpaired) electrons. The third-order valence-corrected chi connectivity index (χ3v) is 4.67.